The zero-order valence-corrected chi connectivity index (χ0v) is 11.5. The summed E-state index contributed by atoms with van der Waals surface area (Å²) in [4.78, 5) is 12.2. The Morgan fingerprint density at radius 1 is 1.58 bits per heavy atom. The lowest BCUT2D eigenvalue weighted by Gasteiger charge is -2.20. The molecule has 4 heteroatoms. The van der Waals surface area contributed by atoms with E-state index in [1.807, 2.05) is 31.2 Å². The molecule has 2 rings (SSSR count). The second-order valence-corrected chi connectivity index (χ2v) is 4.95. The van der Waals surface area contributed by atoms with E-state index in [4.69, 9.17) is 9.47 Å². The van der Waals surface area contributed by atoms with E-state index < -0.39 is 0 Å². The summed E-state index contributed by atoms with van der Waals surface area (Å²) in [6.45, 7) is 3.31. The van der Waals surface area contributed by atoms with Crippen molar-refractivity contribution in [3.63, 3.8) is 0 Å². The first-order valence-corrected chi connectivity index (χ1v) is 6.71. The Balaban J connectivity index is 1.96. The van der Waals surface area contributed by atoms with Crippen LogP contribution in [0.3, 0.4) is 0 Å². The summed E-state index contributed by atoms with van der Waals surface area (Å²) in [5, 5.41) is 3.00. The normalized spacial score (nSPS) is 20.2. The van der Waals surface area contributed by atoms with Crippen LogP contribution in [0.2, 0.25) is 0 Å². The van der Waals surface area contributed by atoms with Crippen molar-refractivity contribution in [1.29, 1.82) is 0 Å². The van der Waals surface area contributed by atoms with Gasteiger partial charge < -0.3 is 14.8 Å². The molecule has 0 radical (unpaired) electrons. The van der Waals surface area contributed by atoms with Gasteiger partial charge in [-0.1, -0.05) is 12.1 Å². The lowest BCUT2D eigenvalue weighted by Crippen LogP contribution is -2.40. The molecule has 104 valence electrons. The Labute approximate surface area is 114 Å². The number of methoxy groups -OCH3 is 1. The van der Waals surface area contributed by atoms with Crippen LogP contribution in [0.15, 0.2) is 24.3 Å². The number of rotatable bonds is 5. The third-order valence-corrected chi connectivity index (χ3v) is 3.38. The molecule has 19 heavy (non-hydrogen) atoms. The van der Waals surface area contributed by atoms with Gasteiger partial charge in [0.15, 0.2) is 0 Å². The quantitative estimate of drug-likeness (QED) is 0.885. The molecular weight excluding hydrogens is 242 g/mol. The topological polar surface area (TPSA) is 47.6 Å². The van der Waals surface area contributed by atoms with Crippen LogP contribution in [0.4, 0.5) is 0 Å². The van der Waals surface area contributed by atoms with E-state index in [0.717, 1.165) is 25.0 Å². The second kappa shape index (κ2) is 6.68. The van der Waals surface area contributed by atoms with E-state index in [1.165, 1.54) is 0 Å². The van der Waals surface area contributed by atoms with Crippen LogP contribution in [0.25, 0.3) is 0 Å². The van der Waals surface area contributed by atoms with E-state index in [2.05, 4.69) is 5.32 Å². The SMILES string of the molecule is COCc1cccc(C(=O)N[C@H](C)[C@@H]2CCCO2)c1. The molecule has 1 aromatic carbocycles. The van der Waals surface area contributed by atoms with Crippen molar-refractivity contribution in [2.24, 2.45) is 0 Å². The van der Waals surface area contributed by atoms with Gasteiger partial charge in [0.1, 0.15) is 0 Å². The Hall–Kier alpha value is -1.39. The fourth-order valence-electron chi connectivity index (χ4n) is 2.35. The van der Waals surface area contributed by atoms with Gasteiger partial charge in [-0.25, -0.2) is 0 Å². The van der Waals surface area contributed by atoms with Crippen molar-refractivity contribution in [3.05, 3.63) is 35.4 Å². The maximum Gasteiger partial charge on any atom is 0.251 e. The van der Waals surface area contributed by atoms with Crippen molar-refractivity contribution in [2.75, 3.05) is 13.7 Å². The van der Waals surface area contributed by atoms with Crippen LogP contribution in [-0.2, 0) is 16.1 Å². The minimum absolute atomic E-state index is 0.0427. The summed E-state index contributed by atoms with van der Waals surface area (Å²) in [6.07, 6.45) is 2.24. The van der Waals surface area contributed by atoms with Crippen molar-refractivity contribution in [2.45, 2.75) is 38.5 Å². The van der Waals surface area contributed by atoms with Gasteiger partial charge in [-0.2, -0.15) is 0 Å². The Morgan fingerprint density at radius 2 is 2.42 bits per heavy atom. The fraction of sp³-hybridized carbons (Fsp3) is 0.533. The molecule has 1 N–H and O–H groups in total. The number of hydrogen-bond donors (Lipinski definition) is 1. The molecule has 4 nitrogen and oxygen atoms in total. The van der Waals surface area contributed by atoms with Gasteiger partial charge in [-0.3, -0.25) is 4.79 Å². The van der Waals surface area contributed by atoms with Gasteiger partial charge in [0.25, 0.3) is 5.91 Å². The highest BCUT2D eigenvalue weighted by molar-refractivity contribution is 5.94. The monoisotopic (exact) mass is 263 g/mol. The summed E-state index contributed by atoms with van der Waals surface area (Å²) in [7, 11) is 1.65. The molecule has 0 unspecified atom stereocenters. The van der Waals surface area contributed by atoms with Crippen LogP contribution >= 0.6 is 0 Å². The number of nitrogens with one attached hydrogen (secondary N) is 1. The molecule has 2 atom stereocenters. The molecule has 0 aliphatic carbocycles. The molecule has 1 amide bonds. The molecule has 1 heterocycles. The smallest absolute Gasteiger partial charge is 0.251 e. The number of carbonyl (C=O) groups excluding carboxylic acids is 1. The molecule has 0 saturated carbocycles. The van der Waals surface area contributed by atoms with Gasteiger partial charge in [0.2, 0.25) is 0 Å². The van der Waals surface area contributed by atoms with Crippen LogP contribution in [0, 0.1) is 0 Å². The van der Waals surface area contributed by atoms with Gasteiger partial charge in [-0.05, 0) is 37.5 Å². The minimum atomic E-state index is -0.0547. The summed E-state index contributed by atoms with van der Waals surface area (Å²) in [6, 6.07) is 7.54. The highest BCUT2D eigenvalue weighted by Crippen LogP contribution is 2.16. The van der Waals surface area contributed by atoms with E-state index in [1.54, 1.807) is 7.11 Å². The summed E-state index contributed by atoms with van der Waals surface area (Å²) >= 11 is 0. The van der Waals surface area contributed by atoms with Crippen molar-refractivity contribution >= 4 is 5.91 Å². The van der Waals surface area contributed by atoms with E-state index in [0.29, 0.717) is 12.2 Å². The molecule has 0 spiro atoms. The number of carbonyl (C=O) groups is 1. The zero-order chi connectivity index (χ0) is 13.7. The summed E-state index contributed by atoms with van der Waals surface area (Å²) in [5.74, 6) is -0.0547. The fourth-order valence-corrected chi connectivity index (χ4v) is 2.35. The van der Waals surface area contributed by atoms with Gasteiger partial charge >= 0.3 is 0 Å². The molecule has 0 bridgehead atoms. The van der Waals surface area contributed by atoms with Gasteiger partial charge in [-0.15, -0.1) is 0 Å². The molecule has 1 aliphatic heterocycles. The Kier molecular flexibility index (Phi) is 4.93. The first-order chi connectivity index (χ1) is 9.20. The number of ether oxygens (including phenoxy) is 2. The summed E-state index contributed by atoms with van der Waals surface area (Å²) in [5.41, 5.74) is 1.67. The van der Waals surface area contributed by atoms with E-state index >= 15 is 0 Å². The maximum atomic E-state index is 12.2. The van der Waals surface area contributed by atoms with Crippen molar-refractivity contribution in [1.82, 2.24) is 5.32 Å². The van der Waals surface area contributed by atoms with Crippen LogP contribution < -0.4 is 5.32 Å². The van der Waals surface area contributed by atoms with Crippen LogP contribution in [-0.4, -0.2) is 31.8 Å². The van der Waals surface area contributed by atoms with Crippen molar-refractivity contribution < 1.29 is 14.3 Å². The third-order valence-electron chi connectivity index (χ3n) is 3.38. The number of amides is 1. The summed E-state index contributed by atoms with van der Waals surface area (Å²) < 4.78 is 10.7. The average Bonchev–Trinajstić information content (AvgIpc) is 2.93. The molecule has 1 aliphatic rings. The first kappa shape index (κ1) is 14.0. The largest absolute Gasteiger partial charge is 0.380 e. The third kappa shape index (κ3) is 3.78. The molecule has 1 aromatic rings. The Morgan fingerprint density at radius 3 is 3.11 bits per heavy atom. The zero-order valence-electron chi connectivity index (χ0n) is 11.5. The Bertz CT molecular complexity index is 427. The maximum absolute atomic E-state index is 12.2. The highest BCUT2D eigenvalue weighted by Gasteiger charge is 2.23. The molecular formula is C15H21NO3. The number of benzene rings is 1. The van der Waals surface area contributed by atoms with Crippen LogP contribution in [0.1, 0.15) is 35.7 Å². The lowest BCUT2D eigenvalue weighted by molar-refractivity contribution is 0.0712. The highest BCUT2D eigenvalue weighted by atomic mass is 16.5. The predicted octanol–water partition coefficient (Wildman–Crippen LogP) is 2.13. The average molecular weight is 263 g/mol. The standard InChI is InChI=1S/C15H21NO3/c1-11(14-7-4-8-19-14)16-15(17)13-6-3-5-12(9-13)10-18-2/h3,5-6,9,11,14H,4,7-8,10H2,1-2H3,(H,16,17)/t11-,14+/m1/s1. The first-order valence-electron chi connectivity index (χ1n) is 6.71. The lowest BCUT2D eigenvalue weighted by atomic mass is 10.1. The molecule has 0 aromatic heterocycles. The van der Waals surface area contributed by atoms with E-state index in [9.17, 15) is 4.79 Å². The van der Waals surface area contributed by atoms with Gasteiger partial charge in [0, 0.05) is 19.3 Å². The predicted molar refractivity (Wildman–Crippen MR) is 73.1 cm³/mol. The second-order valence-electron chi connectivity index (χ2n) is 4.95. The molecule has 1 saturated heterocycles. The minimum Gasteiger partial charge on any atom is -0.380 e. The number of hydrogen-bond acceptors (Lipinski definition) is 3. The van der Waals surface area contributed by atoms with Gasteiger partial charge in [0.05, 0.1) is 18.8 Å². The van der Waals surface area contributed by atoms with Crippen molar-refractivity contribution in [3.8, 4) is 0 Å². The van der Waals surface area contributed by atoms with Crippen LogP contribution in [0.5, 0.6) is 0 Å². The molecule has 1 fully saturated rings. The van der Waals surface area contributed by atoms with E-state index in [-0.39, 0.29) is 18.1 Å².